The van der Waals surface area contributed by atoms with Gasteiger partial charge in [-0.1, -0.05) is 70.2 Å². The van der Waals surface area contributed by atoms with E-state index < -0.39 is 5.96 Å². The molecular formula is C24H55BrP2Pd2. The molecule has 0 aromatic carbocycles. The van der Waals surface area contributed by atoms with Crippen molar-refractivity contribution >= 4 is 29.4 Å². The van der Waals surface area contributed by atoms with Crippen LogP contribution in [0, 0.1) is 0 Å². The van der Waals surface area contributed by atoms with Crippen LogP contribution in [0.2, 0.25) is 0 Å². The summed E-state index contributed by atoms with van der Waals surface area (Å²) in [5.41, 5.74) is 0. The van der Waals surface area contributed by atoms with E-state index in [0.29, 0.717) is 30.9 Å². The predicted molar refractivity (Wildman–Crippen MR) is 143 cm³/mol. The molecule has 5 heteroatoms. The minimum atomic E-state index is -1.54. The molecule has 0 N–H and O–H groups in total. The van der Waals surface area contributed by atoms with E-state index in [4.69, 9.17) is 0 Å². The van der Waals surface area contributed by atoms with Gasteiger partial charge in [0.15, 0.2) is 0 Å². The largest absolute Gasteiger partial charge is 0 e. The van der Waals surface area contributed by atoms with Crippen molar-refractivity contribution in [2.24, 2.45) is 0 Å². The van der Waals surface area contributed by atoms with Crippen LogP contribution in [0.3, 0.4) is 0 Å². The molecule has 0 fully saturated rings. The summed E-state index contributed by atoms with van der Waals surface area (Å²) in [6.07, 6.45) is 0. The Kier molecular flexibility index (Phi) is 15.9. The zero-order valence-electron chi connectivity index (χ0n) is 23.0. The van der Waals surface area contributed by atoms with Gasteiger partial charge in [-0.3, -0.25) is 0 Å². The number of hydrogen-bond donors (Lipinski definition) is 0. The molecule has 0 spiro atoms. The fourth-order valence-electron chi connectivity index (χ4n) is 6.39. The first-order chi connectivity index (χ1) is 11.1. The zero-order chi connectivity index (χ0) is 23.1. The van der Waals surface area contributed by atoms with Crippen LogP contribution < -0.4 is 0 Å². The molecule has 0 aliphatic carbocycles. The molecule has 0 heterocycles. The molecule has 0 bridgehead atoms. The summed E-state index contributed by atoms with van der Waals surface area (Å²) in [5.74, 6) is -1.54. The molecule has 188 valence electrons. The molecule has 0 aliphatic rings. The van der Waals surface area contributed by atoms with Crippen molar-refractivity contribution < 1.29 is 40.8 Å². The third-order valence-corrected chi connectivity index (χ3v) is 26.0. The molecule has 0 aromatic heterocycles. The normalized spacial score (nSPS) is 15.0. The van der Waals surface area contributed by atoms with Crippen LogP contribution in [0.5, 0.6) is 0 Å². The number of halogens is 1. The Balaban J connectivity index is -0.000000202. The average molecular weight is 698 g/mol. The molecule has 0 nitrogen and oxygen atoms in total. The van der Waals surface area contributed by atoms with Gasteiger partial charge in [0.05, 0.1) is 0 Å². The first kappa shape index (κ1) is 38.9. The molecule has 0 aliphatic heterocycles. The van der Waals surface area contributed by atoms with Crippen LogP contribution in [0.25, 0.3) is 0 Å². The second-order valence-corrected chi connectivity index (χ2v) is 28.3. The fourth-order valence-corrected chi connectivity index (χ4v) is 19.2. The molecule has 0 radical (unpaired) electrons. The summed E-state index contributed by atoms with van der Waals surface area (Å²) in [6, 6.07) is 0. The first-order valence-corrected chi connectivity index (χ1v) is 16.2. The number of hydrogen-bond acceptors (Lipinski definition) is 0. The van der Waals surface area contributed by atoms with Crippen molar-refractivity contribution in [3.63, 3.8) is 0 Å². The Hall–Kier alpha value is 2.66. The number of rotatable bonds is 0. The minimum Gasteiger partial charge on any atom is 0 e. The van der Waals surface area contributed by atoms with E-state index in [9.17, 15) is 0 Å². The van der Waals surface area contributed by atoms with Crippen LogP contribution in [0.4, 0.5) is 0 Å². The summed E-state index contributed by atoms with van der Waals surface area (Å²) >= 11 is 4.19. The quantitative estimate of drug-likeness (QED) is 0.175. The smallest absolute Gasteiger partial charge is 0 e. The molecule has 0 saturated heterocycles. The van der Waals surface area contributed by atoms with E-state index in [1.807, 2.05) is 0 Å². The van der Waals surface area contributed by atoms with Crippen LogP contribution in [-0.4, -0.2) is 30.9 Å². The van der Waals surface area contributed by atoms with Crippen LogP contribution in [0.1, 0.15) is 125 Å². The summed E-state index contributed by atoms with van der Waals surface area (Å²) in [6.45, 7) is 42.9. The van der Waals surface area contributed by atoms with E-state index in [2.05, 4.69) is 140 Å². The van der Waals surface area contributed by atoms with Gasteiger partial charge in [0.2, 0.25) is 0 Å². The Morgan fingerprint density at radius 3 is 0.552 bits per heavy atom. The fraction of sp³-hybridized carbons (Fsp3) is 1.00. The van der Waals surface area contributed by atoms with E-state index in [0.717, 1.165) is 0 Å². The molecule has 0 unspecified atom stereocenters. The maximum Gasteiger partial charge on any atom is 0 e. The summed E-state index contributed by atoms with van der Waals surface area (Å²) in [5, 5.41) is 2.49. The predicted octanol–water partition coefficient (Wildman–Crippen LogP) is 10.3. The van der Waals surface area contributed by atoms with Gasteiger partial charge in [0.1, 0.15) is 0 Å². The molecule has 29 heavy (non-hydrogen) atoms. The van der Waals surface area contributed by atoms with Gasteiger partial charge >= 0.3 is 99.2 Å². The second kappa shape index (κ2) is 11.9. The van der Waals surface area contributed by atoms with Gasteiger partial charge in [-0.25, -0.2) is 0 Å². The summed E-state index contributed by atoms with van der Waals surface area (Å²) in [7, 11) is 0.0162. The van der Waals surface area contributed by atoms with Gasteiger partial charge in [0.25, 0.3) is 0 Å². The Morgan fingerprint density at radius 1 is 0.414 bits per heavy atom. The van der Waals surface area contributed by atoms with Crippen LogP contribution in [-0.2, 0) is 40.8 Å². The first-order valence-electron chi connectivity index (χ1n) is 10.6. The van der Waals surface area contributed by atoms with E-state index in [-0.39, 0.29) is 48.8 Å². The Morgan fingerprint density at radius 2 is 0.552 bits per heavy atom. The van der Waals surface area contributed by atoms with Crippen LogP contribution >= 0.6 is 29.4 Å². The average Bonchev–Trinajstić information content (AvgIpc) is 2.16. The van der Waals surface area contributed by atoms with Gasteiger partial charge < -0.3 is 0 Å². The molecule has 0 amide bonds. The zero-order valence-corrected chi connectivity index (χ0v) is 29.5. The van der Waals surface area contributed by atoms with E-state index >= 15 is 0 Å². The minimum absolute atomic E-state index is 0. The third-order valence-electron chi connectivity index (χ3n) is 5.11. The maximum absolute atomic E-state index is 4.19. The van der Waals surface area contributed by atoms with Crippen LogP contribution in [0.15, 0.2) is 0 Å². The van der Waals surface area contributed by atoms with Gasteiger partial charge in [-0.2, -0.15) is 0 Å². The molecule has 0 rings (SSSR count). The standard InChI is InChI=1S/C12H28BrP.C12H27P.2Pd/c1-10(2,3)14(13,11(4,5)6)12(7,8)9;1-10(2,3)13(11(4,5)6)12(7,8)9;;/h14H,1-9H3;1-9H3;;. The van der Waals surface area contributed by atoms with Crippen molar-refractivity contribution in [2.75, 3.05) is 0 Å². The molecular weight excluding hydrogens is 643 g/mol. The van der Waals surface area contributed by atoms with Crippen molar-refractivity contribution in [3.8, 4) is 0 Å². The summed E-state index contributed by atoms with van der Waals surface area (Å²) in [4.78, 5) is 0. The van der Waals surface area contributed by atoms with Crippen molar-refractivity contribution in [3.05, 3.63) is 0 Å². The third kappa shape index (κ3) is 11.1. The van der Waals surface area contributed by atoms with Gasteiger partial charge in [-0.15, -0.1) is 0 Å². The maximum atomic E-state index is 4.19. The molecule has 0 atom stereocenters. The topological polar surface area (TPSA) is 0 Å². The summed E-state index contributed by atoms with van der Waals surface area (Å²) < 4.78 is 0. The SMILES string of the molecule is CC(C)(C)P(C(C)(C)C)C(C)(C)C.CC(C)(C)[PH](Br)(C(C)(C)C)C(C)(C)C.[Pd].[Pd]. The second-order valence-electron chi connectivity index (χ2n) is 14.3. The Labute approximate surface area is 224 Å². The monoisotopic (exact) mass is 696 g/mol. The molecule has 0 aromatic rings. The van der Waals surface area contributed by atoms with Crippen molar-refractivity contribution in [1.29, 1.82) is 0 Å². The van der Waals surface area contributed by atoms with Gasteiger partial charge in [-0.05, 0) is 15.5 Å². The molecule has 0 saturated carbocycles. The Bertz CT molecular complexity index is 393. The van der Waals surface area contributed by atoms with E-state index in [1.54, 1.807) is 0 Å². The van der Waals surface area contributed by atoms with Crippen molar-refractivity contribution in [1.82, 2.24) is 0 Å². The van der Waals surface area contributed by atoms with Crippen molar-refractivity contribution in [2.45, 2.75) is 156 Å². The van der Waals surface area contributed by atoms with Gasteiger partial charge in [0, 0.05) is 40.8 Å². The van der Waals surface area contributed by atoms with E-state index in [1.165, 1.54) is 0 Å².